The summed E-state index contributed by atoms with van der Waals surface area (Å²) in [5.74, 6) is 0.476. The molecule has 0 aliphatic rings. The van der Waals surface area contributed by atoms with Gasteiger partial charge in [-0.25, -0.2) is 9.67 Å². The van der Waals surface area contributed by atoms with Gasteiger partial charge in [0.25, 0.3) is 5.56 Å². The van der Waals surface area contributed by atoms with Gasteiger partial charge in [-0.15, -0.1) is 0 Å². The number of benzene rings is 2. The number of hydrogen-bond donors (Lipinski definition) is 1. The zero-order valence-corrected chi connectivity index (χ0v) is 16.1. The summed E-state index contributed by atoms with van der Waals surface area (Å²) in [7, 11) is 0. The number of hydrogen-bond acceptors (Lipinski definition) is 5. The van der Waals surface area contributed by atoms with Gasteiger partial charge < -0.3 is 9.73 Å². The minimum atomic E-state index is -0.350. The topological polar surface area (TPSA) is 90.0 Å². The minimum Gasteiger partial charge on any atom is -0.440 e. The molecule has 4 rings (SSSR count). The van der Waals surface area contributed by atoms with E-state index in [1.165, 1.54) is 6.07 Å². The van der Waals surface area contributed by atoms with Crippen molar-refractivity contribution in [1.82, 2.24) is 14.8 Å². The molecule has 2 aromatic heterocycles. The van der Waals surface area contributed by atoms with Crippen molar-refractivity contribution >= 4 is 22.7 Å². The molecule has 0 saturated heterocycles. The molecule has 0 aliphatic carbocycles. The molecule has 0 spiro atoms. The number of oxazole rings is 1. The van der Waals surface area contributed by atoms with Crippen LogP contribution in [0.5, 0.6) is 0 Å². The van der Waals surface area contributed by atoms with E-state index in [1.54, 1.807) is 24.3 Å². The molecular weight excluding hydrogens is 368 g/mol. The molecule has 0 unspecified atom stereocenters. The van der Waals surface area contributed by atoms with Crippen molar-refractivity contribution in [3.8, 4) is 11.3 Å². The highest BCUT2D eigenvalue weighted by Gasteiger charge is 2.12. The molecule has 0 aliphatic heterocycles. The molecule has 0 atom stereocenters. The van der Waals surface area contributed by atoms with Crippen LogP contribution in [0.25, 0.3) is 22.4 Å². The monoisotopic (exact) mass is 388 g/mol. The minimum absolute atomic E-state index is 0.176. The molecule has 0 radical (unpaired) electrons. The van der Waals surface area contributed by atoms with E-state index in [4.69, 9.17) is 4.42 Å². The Morgan fingerprint density at radius 3 is 2.66 bits per heavy atom. The smallest absolute Gasteiger partial charge is 0.267 e. The lowest BCUT2D eigenvalue weighted by molar-refractivity contribution is -0.117. The standard InChI is InChI=1S/C22H20N4O3/c1-14(2)22-24-18-12-16(8-10-19(18)29-22)23-20(27)13-26-21(28)11-9-17(25-26)15-6-4-3-5-7-15/h3-12,14H,13H2,1-2H3,(H,23,27). The first kappa shape index (κ1) is 18.6. The first-order valence-corrected chi connectivity index (χ1v) is 9.33. The SMILES string of the molecule is CC(C)c1nc2cc(NC(=O)Cn3nc(-c4ccccc4)ccc3=O)ccc2o1. The lowest BCUT2D eigenvalue weighted by Gasteiger charge is -2.08. The summed E-state index contributed by atoms with van der Waals surface area (Å²) in [5.41, 5.74) is 3.09. The molecule has 4 aromatic rings. The summed E-state index contributed by atoms with van der Waals surface area (Å²) in [4.78, 5) is 29.0. The average molecular weight is 388 g/mol. The summed E-state index contributed by atoms with van der Waals surface area (Å²) < 4.78 is 6.83. The fraction of sp³-hybridized carbons (Fsp3) is 0.182. The predicted octanol–water partition coefficient (Wildman–Crippen LogP) is 3.81. The van der Waals surface area contributed by atoms with Gasteiger partial charge in [-0.05, 0) is 24.3 Å². The van der Waals surface area contributed by atoms with Gasteiger partial charge >= 0.3 is 0 Å². The molecule has 146 valence electrons. The highest BCUT2D eigenvalue weighted by molar-refractivity contribution is 5.92. The molecule has 1 amide bonds. The van der Waals surface area contributed by atoms with E-state index in [0.29, 0.717) is 28.4 Å². The highest BCUT2D eigenvalue weighted by Crippen LogP contribution is 2.23. The van der Waals surface area contributed by atoms with Crippen LogP contribution in [-0.4, -0.2) is 20.7 Å². The zero-order valence-electron chi connectivity index (χ0n) is 16.1. The van der Waals surface area contributed by atoms with Crippen LogP contribution >= 0.6 is 0 Å². The van der Waals surface area contributed by atoms with E-state index < -0.39 is 0 Å². The summed E-state index contributed by atoms with van der Waals surface area (Å²) in [6.07, 6.45) is 0. The van der Waals surface area contributed by atoms with Gasteiger partial charge in [-0.1, -0.05) is 44.2 Å². The van der Waals surface area contributed by atoms with Gasteiger partial charge in [0.1, 0.15) is 12.1 Å². The van der Waals surface area contributed by atoms with Gasteiger partial charge in [0.05, 0.1) is 5.69 Å². The fourth-order valence-electron chi connectivity index (χ4n) is 2.93. The first-order chi connectivity index (χ1) is 14.0. The van der Waals surface area contributed by atoms with Crippen LogP contribution in [-0.2, 0) is 11.3 Å². The van der Waals surface area contributed by atoms with Gasteiger partial charge in [0.15, 0.2) is 11.5 Å². The van der Waals surface area contributed by atoms with Crippen LogP contribution in [0, 0.1) is 0 Å². The van der Waals surface area contributed by atoms with Gasteiger partial charge in [0, 0.05) is 23.2 Å². The lowest BCUT2D eigenvalue weighted by atomic mass is 10.1. The van der Waals surface area contributed by atoms with E-state index in [-0.39, 0.29) is 23.9 Å². The number of nitrogens with zero attached hydrogens (tertiary/aromatic N) is 3. The van der Waals surface area contributed by atoms with Crippen molar-refractivity contribution in [2.45, 2.75) is 26.3 Å². The second kappa shape index (κ2) is 7.71. The van der Waals surface area contributed by atoms with E-state index in [0.717, 1.165) is 10.2 Å². The van der Waals surface area contributed by atoms with Crippen LogP contribution in [0.3, 0.4) is 0 Å². The quantitative estimate of drug-likeness (QED) is 0.561. The maximum absolute atomic E-state index is 12.5. The van der Waals surface area contributed by atoms with Crippen LogP contribution < -0.4 is 10.9 Å². The molecule has 7 nitrogen and oxygen atoms in total. The molecule has 29 heavy (non-hydrogen) atoms. The Kier molecular flexibility index (Phi) is 4.95. The number of carbonyl (C=O) groups excluding carboxylic acids is 1. The summed E-state index contributed by atoms with van der Waals surface area (Å²) in [6.45, 7) is 3.82. The molecule has 2 aromatic carbocycles. The summed E-state index contributed by atoms with van der Waals surface area (Å²) in [6, 6.07) is 17.8. The number of fused-ring (bicyclic) bond motifs is 1. The fourth-order valence-corrected chi connectivity index (χ4v) is 2.93. The van der Waals surface area contributed by atoms with Gasteiger partial charge in [-0.2, -0.15) is 5.10 Å². The lowest BCUT2D eigenvalue weighted by Crippen LogP contribution is -2.29. The average Bonchev–Trinajstić information content (AvgIpc) is 3.14. The molecule has 7 heteroatoms. The zero-order chi connectivity index (χ0) is 20.4. The van der Waals surface area contributed by atoms with Gasteiger partial charge in [-0.3, -0.25) is 9.59 Å². The number of carbonyl (C=O) groups is 1. The number of amides is 1. The third kappa shape index (κ3) is 4.08. The van der Waals surface area contributed by atoms with Crippen molar-refractivity contribution in [3.05, 3.63) is 76.9 Å². The summed E-state index contributed by atoms with van der Waals surface area (Å²) >= 11 is 0. The van der Waals surface area contributed by atoms with Crippen molar-refractivity contribution in [1.29, 1.82) is 0 Å². The first-order valence-electron chi connectivity index (χ1n) is 9.33. The Labute approximate surface area is 167 Å². The Balaban J connectivity index is 1.52. The van der Waals surface area contributed by atoms with E-state index >= 15 is 0 Å². The third-order valence-electron chi connectivity index (χ3n) is 4.41. The number of rotatable bonds is 5. The normalized spacial score (nSPS) is 11.1. The second-order valence-electron chi connectivity index (χ2n) is 7.02. The number of nitrogens with one attached hydrogen (secondary N) is 1. The van der Waals surface area contributed by atoms with E-state index in [9.17, 15) is 9.59 Å². The Bertz CT molecular complexity index is 1230. The van der Waals surface area contributed by atoms with Crippen LogP contribution in [0.1, 0.15) is 25.7 Å². The van der Waals surface area contributed by atoms with Crippen LogP contribution in [0.15, 0.2) is 69.9 Å². The highest BCUT2D eigenvalue weighted by atomic mass is 16.3. The molecule has 1 N–H and O–H groups in total. The second-order valence-corrected chi connectivity index (χ2v) is 7.02. The number of anilines is 1. The third-order valence-corrected chi connectivity index (χ3v) is 4.41. The Hall–Kier alpha value is -3.74. The Morgan fingerprint density at radius 1 is 1.10 bits per heavy atom. The largest absolute Gasteiger partial charge is 0.440 e. The summed E-state index contributed by atoms with van der Waals surface area (Å²) in [5, 5.41) is 7.10. The van der Waals surface area contributed by atoms with Gasteiger partial charge in [0.2, 0.25) is 5.91 Å². The maximum atomic E-state index is 12.5. The molecule has 0 bridgehead atoms. The van der Waals surface area contributed by atoms with Crippen molar-refractivity contribution in [2.24, 2.45) is 0 Å². The molecule has 0 saturated carbocycles. The van der Waals surface area contributed by atoms with E-state index in [2.05, 4.69) is 15.4 Å². The molecular formula is C22H20N4O3. The van der Waals surface area contributed by atoms with Crippen LogP contribution in [0.2, 0.25) is 0 Å². The number of aromatic nitrogens is 3. The Morgan fingerprint density at radius 2 is 1.90 bits per heavy atom. The van der Waals surface area contributed by atoms with Crippen molar-refractivity contribution < 1.29 is 9.21 Å². The van der Waals surface area contributed by atoms with Crippen LogP contribution in [0.4, 0.5) is 5.69 Å². The van der Waals surface area contributed by atoms with Crippen molar-refractivity contribution in [2.75, 3.05) is 5.32 Å². The predicted molar refractivity (Wildman–Crippen MR) is 111 cm³/mol. The molecule has 0 fully saturated rings. The van der Waals surface area contributed by atoms with Crippen molar-refractivity contribution in [3.63, 3.8) is 0 Å². The van der Waals surface area contributed by atoms with E-state index in [1.807, 2.05) is 44.2 Å². The molecule has 2 heterocycles. The maximum Gasteiger partial charge on any atom is 0.267 e.